The lowest BCUT2D eigenvalue weighted by Crippen LogP contribution is -2.29. The molecule has 1 aromatic heterocycles. The molecule has 98 valence electrons. The van der Waals surface area contributed by atoms with Gasteiger partial charge in [-0.1, -0.05) is 20.3 Å². The third-order valence-corrected chi connectivity index (χ3v) is 4.09. The Hall–Kier alpha value is -0.960. The average Bonchev–Trinajstić information content (AvgIpc) is 2.25. The van der Waals surface area contributed by atoms with E-state index >= 15 is 0 Å². The van der Waals surface area contributed by atoms with Crippen molar-refractivity contribution in [1.29, 1.82) is 0 Å². The van der Waals surface area contributed by atoms with Crippen LogP contribution < -0.4 is 5.32 Å². The second-order valence-electron chi connectivity index (χ2n) is 6.10. The first-order valence-electron chi connectivity index (χ1n) is 7.33. The van der Waals surface area contributed by atoms with E-state index in [1.54, 1.807) is 0 Å². The van der Waals surface area contributed by atoms with Crippen molar-refractivity contribution in [2.75, 3.05) is 6.54 Å². The molecule has 1 fully saturated rings. The molecule has 0 atom stereocenters. The van der Waals surface area contributed by atoms with Crippen LogP contribution in [0.15, 0.2) is 0 Å². The van der Waals surface area contributed by atoms with Crippen LogP contribution in [0.4, 0.5) is 0 Å². The molecule has 2 aliphatic rings. The van der Waals surface area contributed by atoms with E-state index in [-0.39, 0.29) is 0 Å². The van der Waals surface area contributed by atoms with Crippen molar-refractivity contribution in [2.24, 2.45) is 5.92 Å². The van der Waals surface area contributed by atoms with Crippen LogP contribution in [0.5, 0.6) is 0 Å². The molecule has 1 saturated carbocycles. The SMILES string of the molecule is CC(C)Cc1nc2c(c(C3CCC3)n1)CNCC2. The minimum atomic E-state index is 0.638. The van der Waals surface area contributed by atoms with Gasteiger partial charge in [-0.15, -0.1) is 0 Å². The summed E-state index contributed by atoms with van der Waals surface area (Å²) in [4.78, 5) is 9.70. The summed E-state index contributed by atoms with van der Waals surface area (Å²) in [5, 5.41) is 3.46. The van der Waals surface area contributed by atoms with Crippen molar-refractivity contribution in [3.05, 3.63) is 22.8 Å². The first-order chi connectivity index (χ1) is 8.74. The molecule has 0 bridgehead atoms. The molecule has 0 unspecified atom stereocenters. The maximum Gasteiger partial charge on any atom is 0.129 e. The lowest BCUT2D eigenvalue weighted by atomic mass is 9.80. The molecular weight excluding hydrogens is 222 g/mol. The van der Waals surface area contributed by atoms with Crippen molar-refractivity contribution in [3.63, 3.8) is 0 Å². The lowest BCUT2D eigenvalue weighted by Gasteiger charge is -2.30. The number of rotatable bonds is 3. The fourth-order valence-corrected chi connectivity index (χ4v) is 2.90. The minimum Gasteiger partial charge on any atom is -0.312 e. The maximum absolute atomic E-state index is 4.90. The summed E-state index contributed by atoms with van der Waals surface area (Å²) in [6, 6.07) is 0. The zero-order valence-corrected chi connectivity index (χ0v) is 11.5. The van der Waals surface area contributed by atoms with Crippen LogP contribution in [0.3, 0.4) is 0 Å². The summed E-state index contributed by atoms with van der Waals surface area (Å²) in [5.74, 6) is 2.43. The molecule has 0 aromatic carbocycles. The highest BCUT2D eigenvalue weighted by Gasteiger charge is 2.27. The smallest absolute Gasteiger partial charge is 0.129 e. The molecule has 3 nitrogen and oxygen atoms in total. The molecule has 18 heavy (non-hydrogen) atoms. The summed E-state index contributed by atoms with van der Waals surface area (Å²) in [5.41, 5.74) is 4.11. The molecule has 0 saturated heterocycles. The monoisotopic (exact) mass is 245 g/mol. The lowest BCUT2D eigenvalue weighted by molar-refractivity contribution is 0.401. The predicted molar refractivity (Wildman–Crippen MR) is 72.6 cm³/mol. The standard InChI is InChI=1S/C15H23N3/c1-10(2)8-14-17-13-6-7-16-9-12(13)15(18-14)11-4-3-5-11/h10-11,16H,3-9H2,1-2H3. The van der Waals surface area contributed by atoms with Gasteiger partial charge in [0.15, 0.2) is 0 Å². The van der Waals surface area contributed by atoms with Crippen molar-refractivity contribution < 1.29 is 0 Å². The number of nitrogens with one attached hydrogen (secondary N) is 1. The Morgan fingerprint density at radius 2 is 2.11 bits per heavy atom. The van der Waals surface area contributed by atoms with Crippen molar-refractivity contribution in [3.8, 4) is 0 Å². The number of hydrogen-bond donors (Lipinski definition) is 1. The van der Waals surface area contributed by atoms with Crippen LogP contribution >= 0.6 is 0 Å². The van der Waals surface area contributed by atoms with Gasteiger partial charge in [0.1, 0.15) is 5.82 Å². The van der Waals surface area contributed by atoms with Crippen molar-refractivity contribution in [2.45, 2.75) is 58.4 Å². The third-order valence-electron chi connectivity index (χ3n) is 4.09. The second-order valence-corrected chi connectivity index (χ2v) is 6.10. The number of nitrogens with zero attached hydrogens (tertiary/aromatic N) is 2. The fraction of sp³-hybridized carbons (Fsp3) is 0.733. The normalized spacial score (nSPS) is 19.7. The average molecular weight is 245 g/mol. The Kier molecular flexibility index (Phi) is 3.33. The molecule has 3 rings (SSSR count). The van der Waals surface area contributed by atoms with Gasteiger partial charge < -0.3 is 5.32 Å². The van der Waals surface area contributed by atoms with Gasteiger partial charge in [-0.2, -0.15) is 0 Å². The molecule has 1 aromatic rings. The number of hydrogen-bond acceptors (Lipinski definition) is 3. The zero-order chi connectivity index (χ0) is 12.5. The Morgan fingerprint density at radius 1 is 1.28 bits per heavy atom. The van der Waals surface area contributed by atoms with E-state index in [1.165, 1.54) is 36.2 Å². The molecule has 3 heteroatoms. The van der Waals surface area contributed by atoms with Crippen LogP contribution in [0.25, 0.3) is 0 Å². The van der Waals surface area contributed by atoms with E-state index in [9.17, 15) is 0 Å². The number of aromatic nitrogens is 2. The largest absolute Gasteiger partial charge is 0.312 e. The van der Waals surface area contributed by atoms with Gasteiger partial charge in [-0.05, 0) is 18.8 Å². The Morgan fingerprint density at radius 3 is 2.78 bits per heavy atom. The molecule has 2 heterocycles. The van der Waals surface area contributed by atoms with Crippen molar-refractivity contribution >= 4 is 0 Å². The van der Waals surface area contributed by atoms with Crippen LogP contribution in [-0.2, 0) is 19.4 Å². The maximum atomic E-state index is 4.90. The molecule has 1 aliphatic heterocycles. The summed E-state index contributed by atoms with van der Waals surface area (Å²) >= 11 is 0. The predicted octanol–water partition coefficient (Wildman–Crippen LogP) is 2.59. The molecular formula is C15H23N3. The summed E-state index contributed by atoms with van der Waals surface area (Å²) in [6.07, 6.45) is 6.11. The highest BCUT2D eigenvalue weighted by atomic mass is 15.0. The van der Waals surface area contributed by atoms with E-state index in [0.717, 1.165) is 31.8 Å². The van der Waals surface area contributed by atoms with Crippen LogP contribution in [0.2, 0.25) is 0 Å². The Bertz CT molecular complexity index is 436. The van der Waals surface area contributed by atoms with E-state index in [1.807, 2.05) is 0 Å². The van der Waals surface area contributed by atoms with E-state index < -0.39 is 0 Å². The van der Waals surface area contributed by atoms with Gasteiger partial charge in [0.2, 0.25) is 0 Å². The van der Waals surface area contributed by atoms with Crippen molar-refractivity contribution in [1.82, 2.24) is 15.3 Å². The van der Waals surface area contributed by atoms with Gasteiger partial charge in [0.05, 0.1) is 11.4 Å². The zero-order valence-electron chi connectivity index (χ0n) is 11.5. The first kappa shape index (κ1) is 12.1. The summed E-state index contributed by atoms with van der Waals surface area (Å²) in [6.45, 7) is 6.53. The second kappa shape index (κ2) is 4.96. The third kappa shape index (κ3) is 2.28. The summed E-state index contributed by atoms with van der Waals surface area (Å²) < 4.78 is 0. The topological polar surface area (TPSA) is 37.8 Å². The van der Waals surface area contributed by atoms with Gasteiger partial charge in [-0.3, -0.25) is 0 Å². The van der Waals surface area contributed by atoms with Gasteiger partial charge in [0, 0.05) is 37.4 Å². The van der Waals surface area contributed by atoms with E-state index in [2.05, 4.69) is 19.2 Å². The molecule has 0 radical (unpaired) electrons. The summed E-state index contributed by atoms with van der Waals surface area (Å²) in [7, 11) is 0. The van der Waals surface area contributed by atoms with Crippen LogP contribution in [0, 0.1) is 5.92 Å². The fourth-order valence-electron chi connectivity index (χ4n) is 2.90. The Labute approximate surface area is 109 Å². The molecule has 1 N–H and O–H groups in total. The Balaban J connectivity index is 1.97. The highest BCUT2D eigenvalue weighted by molar-refractivity contribution is 5.32. The first-order valence-corrected chi connectivity index (χ1v) is 7.33. The van der Waals surface area contributed by atoms with Gasteiger partial charge in [0.25, 0.3) is 0 Å². The van der Waals surface area contributed by atoms with Gasteiger partial charge in [-0.25, -0.2) is 9.97 Å². The van der Waals surface area contributed by atoms with E-state index in [0.29, 0.717) is 11.8 Å². The van der Waals surface area contributed by atoms with Crippen LogP contribution in [-0.4, -0.2) is 16.5 Å². The van der Waals surface area contributed by atoms with Gasteiger partial charge >= 0.3 is 0 Å². The molecule has 1 aliphatic carbocycles. The minimum absolute atomic E-state index is 0.638. The van der Waals surface area contributed by atoms with Crippen LogP contribution in [0.1, 0.15) is 61.8 Å². The molecule has 0 spiro atoms. The number of fused-ring (bicyclic) bond motifs is 1. The van der Waals surface area contributed by atoms with E-state index in [4.69, 9.17) is 9.97 Å². The highest BCUT2D eigenvalue weighted by Crippen LogP contribution is 2.38. The molecule has 0 amide bonds. The quantitative estimate of drug-likeness (QED) is 0.889.